The molecule has 0 aromatic heterocycles. The number of phenolic OH excluding ortho intramolecular Hbond substituents is 2. The van der Waals surface area contributed by atoms with Gasteiger partial charge in [0.2, 0.25) is 5.91 Å². The Morgan fingerprint density at radius 1 is 1.18 bits per heavy atom. The number of carbonyl (C=O) groups is 2. The number of para-hydroxylation sites is 1. The normalized spacial score (nSPS) is 9.94. The summed E-state index contributed by atoms with van der Waals surface area (Å²) in [5.41, 5.74) is 0.000301. The first kappa shape index (κ1) is 13.0. The van der Waals surface area contributed by atoms with Gasteiger partial charge in [-0.3, -0.25) is 4.79 Å². The SMILES string of the molecule is CC(=O)CCCC(=O)Nc1c(O)cccc1O. The maximum absolute atomic E-state index is 11.5. The number of rotatable bonds is 5. The van der Waals surface area contributed by atoms with E-state index in [0.717, 1.165) is 0 Å². The largest absolute Gasteiger partial charge is 0.506 e. The average Bonchev–Trinajstić information content (AvgIpc) is 2.23. The fourth-order valence-electron chi connectivity index (χ4n) is 1.36. The van der Waals surface area contributed by atoms with Crippen molar-refractivity contribution in [2.45, 2.75) is 26.2 Å². The molecule has 0 bridgehead atoms. The van der Waals surface area contributed by atoms with Gasteiger partial charge in [-0.25, -0.2) is 0 Å². The molecule has 0 aliphatic heterocycles. The van der Waals surface area contributed by atoms with Crippen LogP contribution in [0.3, 0.4) is 0 Å². The summed E-state index contributed by atoms with van der Waals surface area (Å²) in [5, 5.41) is 21.3. The van der Waals surface area contributed by atoms with Crippen LogP contribution >= 0.6 is 0 Å². The molecule has 0 saturated heterocycles. The predicted octanol–water partition coefficient (Wildman–Crippen LogP) is 1.80. The maximum Gasteiger partial charge on any atom is 0.224 e. The molecule has 5 nitrogen and oxygen atoms in total. The number of nitrogens with one attached hydrogen (secondary N) is 1. The fraction of sp³-hybridized carbons (Fsp3) is 0.333. The van der Waals surface area contributed by atoms with Crippen molar-refractivity contribution in [2.75, 3.05) is 5.32 Å². The number of aromatic hydroxyl groups is 2. The number of amides is 1. The maximum atomic E-state index is 11.5. The van der Waals surface area contributed by atoms with Crippen LogP contribution in [0.1, 0.15) is 26.2 Å². The van der Waals surface area contributed by atoms with Gasteiger partial charge in [0.1, 0.15) is 23.0 Å². The summed E-state index contributed by atoms with van der Waals surface area (Å²) >= 11 is 0. The molecule has 1 aromatic rings. The number of phenols is 2. The number of Topliss-reactive ketones (excluding diaryl/α,β-unsaturated/α-hetero) is 1. The van der Waals surface area contributed by atoms with E-state index in [1.165, 1.54) is 25.1 Å². The quantitative estimate of drug-likeness (QED) is 0.681. The summed E-state index contributed by atoms with van der Waals surface area (Å²) in [5.74, 6) is -0.693. The molecule has 0 spiro atoms. The second-order valence-corrected chi connectivity index (χ2v) is 3.78. The first-order valence-corrected chi connectivity index (χ1v) is 5.31. The monoisotopic (exact) mass is 237 g/mol. The molecule has 0 fully saturated rings. The van der Waals surface area contributed by atoms with Crippen molar-refractivity contribution in [1.29, 1.82) is 0 Å². The zero-order valence-corrected chi connectivity index (χ0v) is 9.56. The Hall–Kier alpha value is -2.04. The minimum absolute atomic E-state index is 0.000301. The molecule has 0 atom stereocenters. The van der Waals surface area contributed by atoms with Crippen LogP contribution in [0.25, 0.3) is 0 Å². The van der Waals surface area contributed by atoms with Crippen molar-refractivity contribution in [3.8, 4) is 11.5 Å². The molecule has 3 N–H and O–H groups in total. The van der Waals surface area contributed by atoms with Gasteiger partial charge in [0.15, 0.2) is 0 Å². The van der Waals surface area contributed by atoms with Crippen LogP contribution in [-0.4, -0.2) is 21.9 Å². The van der Waals surface area contributed by atoms with Crippen molar-refractivity contribution in [3.63, 3.8) is 0 Å². The van der Waals surface area contributed by atoms with E-state index in [-0.39, 0.29) is 35.3 Å². The van der Waals surface area contributed by atoms with Crippen molar-refractivity contribution in [3.05, 3.63) is 18.2 Å². The number of carbonyl (C=O) groups excluding carboxylic acids is 2. The second kappa shape index (κ2) is 5.89. The van der Waals surface area contributed by atoms with Gasteiger partial charge in [-0.15, -0.1) is 0 Å². The van der Waals surface area contributed by atoms with E-state index in [9.17, 15) is 19.8 Å². The van der Waals surface area contributed by atoms with E-state index in [2.05, 4.69) is 5.32 Å². The van der Waals surface area contributed by atoms with Gasteiger partial charge in [-0.1, -0.05) is 6.07 Å². The van der Waals surface area contributed by atoms with Gasteiger partial charge in [0.25, 0.3) is 0 Å². The third-order valence-corrected chi connectivity index (χ3v) is 2.22. The molecule has 1 rings (SSSR count). The molecule has 0 aliphatic carbocycles. The Balaban J connectivity index is 2.53. The first-order chi connectivity index (χ1) is 8.00. The lowest BCUT2D eigenvalue weighted by Crippen LogP contribution is -2.11. The van der Waals surface area contributed by atoms with Crippen molar-refractivity contribution < 1.29 is 19.8 Å². The zero-order chi connectivity index (χ0) is 12.8. The van der Waals surface area contributed by atoms with Gasteiger partial charge >= 0.3 is 0 Å². The molecule has 0 unspecified atom stereocenters. The molecule has 0 saturated carbocycles. The summed E-state index contributed by atoms with van der Waals surface area (Å²) in [6.07, 6.45) is 0.975. The summed E-state index contributed by atoms with van der Waals surface area (Å²) < 4.78 is 0. The van der Waals surface area contributed by atoms with E-state index in [1.807, 2.05) is 0 Å². The van der Waals surface area contributed by atoms with Gasteiger partial charge in [-0.05, 0) is 25.5 Å². The summed E-state index contributed by atoms with van der Waals surface area (Å²) in [4.78, 5) is 22.1. The van der Waals surface area contributed by atoms with Crippen LogP contribution in [0.2, 0.25) is 0 Å². The highest BCUT2D eigenvalue weighted by Crippen LogP contribution is 2.32. The highest BCUT2D eigenvalue weighted by molar-refractivity contribution is 5.94. The minimum Gasteiger partial charge on any atom is -0.506 e. The molecule has 0 radical (unpaired) electrons. The lowest BCUT2D eigenvalue weighted by Gasteiger charge is -2.08. The third kappa shape index (κ3) is 4.14. The molecule has 0 heterocycles. The summed E-state index contributed by atoms with van der Waals surface area (Å²) in [6.45, 7) is 1.47. The van der Waals surface area contributed by atoms with Crippen LogP contribution in [0.5, 0.6) is 11.5 Å². The van der Waals surface area contributed by atoms with E-state index < -0.39 is 0 Å². The lowest BCUT2D eigenvalue weighted by molar-refractivity contribution is -0.117. The number of hydrogen-bond donors (Lipinski definition) is 3. The average molecular weight is 237 g/mol. The standard InChI is InChI=1S/C12H15NO4/c1-8(14)4-2-7-11(17)13-12-9(15)5-3-6-10(12)16/h3,5-6,15-16H,2,4,7H2,1H3,(H,13,17). The van der Waals surface area contributed by atoms with Crippen molar-refractivity contribution in [1.82, 2.24) is 0 Å². The van der Waals surface area contributed by atoms with Crippen LogP contribution in [0, 0.1) is 0 Å². The molecular weight excluding hydrogens is 222 g/mol. The van der Waals surface area contributed by atoms with Crippen LogP contribution in [0.15, 0.2) is 18.2 Å². The number of anilines is 1. The number of benzene rings is 1. The van der Waals surface area contributed by atoms with Gasteiger partial charge in [0.05, 0.1) is 0 Å². The van der Waals surface area contributed by atoms with Crippen LogP contribution in [-0.2, 0) is 9.59 Å². The first-order valence-electron chi connectivity index (χ1n) is 5.31. The van der Waals surface area contributed by atoms with Crippen LogP contribution in [0.4, 0.5) is 5.69 Å². The third-order valence-electron chi connectivity index (χ3n) is 2.22. The van der Waals surface area contributed by atoms with E-state index in [0.29, 0.717) is 12.8 Å². The molecular formula is C12H15NO4. The molecule has 1 amide bonds. The van der Waals surface area contributed by atoms with E-state index in [1.54, 1.807) is 0 Å². The number of ketones is 1. The van der Waals surface area contributed by atoms with Gasteiger partial charge < -0.3 is 20.3 Å². The Morgan fingerprint density at radius 3 is 2.29 bits per heavy atom. The summed E-state index contributed by atoms with van der Waals surface area (Å²) in [7, 11) is 0. The second-order valence-electron chi connectivity index (χ2n) is 3.78. The Morgan fingerprint density at radius 2 is 1.76 bits per heavy atom. The number of hydrogen-bond acceptors (Lipinski definition) is 4. The lowest BCUT2D eigenvalue weighted by atomic mass is 10.2. The topological polar surface area (TPSA) is 86.6 Å². The molecule has 92 valence electrons. The Bertz CT molecular complexity index is 408. The molecule has 5 heteroatoms. The van der Waals surface area contributed by atoms with E-state index >= 15 is 0 Å². The van der Waals surface area contributed by atoms with Gasteiger partial charge in [0, 0.05) is 12.8 Å². The molecule has 0 aliphatic rings. The minimum atomic E-state index is -0.344. The molecule has 1 aromatic carbocycles. The fourth-order valence-corrected chi connectivity index (χ4v) is 1.36. The van der Waals surface area contributed by atoms with Crippen molar-refractivity contribution in [2.24, 2.45) is 0 Å². The summed E-state index contributed by atoms with van der Waals surface area (Å²) in [6, 6.07) is 4.20. The predicted molar refractivity (Wildman–Crippen MR) is 62.9 cm³/mol. The zero-order valence-electron chi connectivity index (χ0n) is 9.56. The molecule has 17 heavy (non-hydrogen) atoms. The van der Waals surface area contributed by atoms with Crippen molar-refractivity contribution >= 4 is 17.4 Å². The van der Waals surface area contributed by atoms with Gasteiger partial charge in [-0.2, -0.15) is 0 Å². The Labute approximate surface area is 99.1 Å². The Kier molecular flexibility index (Phi) is 4.51. The van der Waals surface area contributed by atoms with E-state index in [4.69, 9.17) is 0 Å². The van der Waals surface area contributed by atoms with Crippen LogP contribution < -0.4 is 5.32 Å². The smallest absolute Gasteiger partial charge is 0.224 e. The highest BCUT2D eigenvalue weighted by Gasteiger charge is 2.10. The highest BCUT2D eigenvalue weighted by atomic mass is 16.3.